The molecule has 4 heteroatoms. The predicted molar refractivity (Wildman–Crippen MR) is 64.4 cm³/mol. The van der Waals surface area contributed by atoms with E-state index in [0.29, 0.717) is 25.9 Å². The standard InChI is InChI=1S/C12H23NO3/c1-4-11(15)8-12(16)9-13(5-2)7-6-10(3)14/h8,10,14-15H,4-7,9H2,1-3H3/b11-8-. The van der Waals surface area contributed by atoms with Gasteiger partial charge in [0.2, 0.25) is 0 Å². The molecular formula is C12H23NO3. The van der Waals surface area contributed by atoms with Crippen molar-refractivity contribution in [3.63, 3.8) is 0 Å². The highest BCUT2D eigenvalue weighted by atomic mass is 16.3. The summed E-state index contributed by atoms with van der Waals surface area (Å²) in [6.07, 6.45) is 2.07. The Morgan fingerprint density at radius 2 is 2.06 bits per heavy atom. The highest BCUT2D eigenvalue weighted by molar-refractivity contribution is 5.91. The van der Waals surface area contributed by atoms with Crippen molar-refractivity contribution in [2.24, 2.45) is 0 Å². The Kier molecular flexibility index (Phi) is 7.85. The van der Waals surface area contributed by atoms with Gasteiger partial charge in [-0.15, -0.1) is 0 Å². The van der Waals surface area contributed by atoms with Crippen LogP contribution < -0.4 is 0 Å². The number of ketones is 1. The number of hydrogen-bond acceptors (Lipinski definition) is 4. The molecule has 0 amide bonds. The van der Waals surface area contributed by atoms with Crippen LogP contribution in [0.1, 0.15) is 33.6 Å². The highest BCUT2D eigenvalue weighted by Gasteiger charge is 2.08. The maximum Gasteiger partial charge on any atom is 0.172 e. The lowest BCUT2D eigenvalue weighted by molar-refractivity contribution is -0.115. The molecule has 0 fully saturated rings. The van der Waals surface area contributed by atoms with Gasteiger partial charge in [-0.2, -0.15) is 0 Å². The van der Waals surface area contributed by atoms with Gasteiger partial charge in [-0.25, -0.2) is 0 Å². The maximum atomic E-state index is 11.5. The molecule has 0 spiro atoms. The summed E-state index contributed by atoms with van der Waals surface area (Å²) in [6.45, 7) is 7.26. The first-order chi connectivity index (χ1) is 7.49. The predicted octanol–water partition coefficient (Wildman–Crippen LogP) is 1.50. The van der Waals surface area contributed by atoms with Crippen LogP contribution in [0.25, 0.3) is 0 Å². The van der Waals surface area contributed by atoms with Gasteiger partial charge in [0.1, 0.15) is 0 Å². The van der Waals surface area contributed by atoms with Gasteiger partial charge in [0, 0.05) is 19.0 Å². The van der Waals surface area contributed by atoms with Crippen molar-refractivity contribution >= 4 is 5.78 Å². The monoisotopic (exact) mass is 229 g/mol. The van der Waals surface area contributed by atoms with E-state index in [9.17, 15) is 9.90 Å². The molecule has 0 aromatic heterocycles. The number of aliphatic hydroxyl groups is 2. The summed E-state index contributed by atoms with van der Waals surface area (Å²) < 4.78 is 0. The number of allylic oxidation sites excluding steroid dienone is 1. The van der Waals surface area contributed by atoms with Gasteiger partial charge in [0.05, 0.1) is 18.4 Å². The second kappa shape index (κ2) is 8.30. The molecule has 0 aliphatic rings. The second-order valence-electron chi connectivity index (χ2n) is 3.96. The fourth-order valence-corrected chi connectivity index (χ4v) is 1.27. The minimum Gasteiger partial charge on any atom is -0.512 e. The summed E-state index contributed by atoms with van der Waals surface area (Å²) in [5.41, 5.74) is 0. The van der Waals surface area contributed by atoms with Gasteiger partial charge in [-0.05, 0) is 19.9 Å². The Labute approximate surface area is 97.6 Å². The summed E-state index contributed by atoms with van der Waals surface area (Å²) in [5.74, 6) is 0.0309. The molecule has 16 heavy (non-hydrogen) atoms. The van der Waals surface area contributed by atoms with Gasteiger partial charge in [0.25, 0.3) is 0 Å². The van der Waals surface area contributed by atoms with Crippen molar-refractivity contribution in [2.75, 3.05) is 19.6 Å². The van der Waals surface area contributed by atoms with E-state index < -0.39 is 0 Å². The Bertz CT molecular complexity index is 236. The minimum atomic E-state index is -0.344. The number of rotatable bonds is 8. The zero-order chi connectivity index (χ0) is 12.6. The topological polar surface area (TPSA) is 60.8 Å². The van der Waals surface area contributed by atoms with E-state index >= 15 is 0 Å². The van der Waals surface area contributed by atoms with E-state index in [1.165, 1.54) is 6.08 Å². The maximum absolute atomic E-state index is 11.5. The molecule has 4 nitrogen and oxygen atoms in total. The Morgan fingerprint density at radius 1 is 1.44 bits per heavy atom. The molecule has 1 unspecified atom stereocenters. The molecule has 94 valence electrons. The highest BCUT2D eigenvalue weighted by Crippen LogP contribution is 1.99. The third-order valence-corrected chi connectivity index (χ3v) is 2.38. The van der Waals surface area contributed by atoms with Crippen LogP contribution in [-0.4, -0.2) is 46.6 Å². The van der Waals surface area contributed by atoms with Crippen LogP contribution in [0.15, 0.2) is 11.8 Å². The van der Waals surface area contributed by atoms with Gasteiger partial charge in [-0.3, -0.25) is 9.69 Å². The molecule has 0 heterocycles. The number of aliphatic hydroxyl groups excluding tert-OH is 2. The van der Waals surface area contributed by atoms with Crippen molar-refractivity contribution in [3.8, 4) is 0 Å². The van der Waals surface area contributed by atoms with Crippen molar-refractivity contribution in [1.82, 2.24) is 4.90 Å². The molecule has 0 saturated carbocycles. The first-order valence-corrected chi connectivity index (χ1v) is 5.82. The molecule has 0 rings (SSSR count). The molecule has 0 bridgehead atoms. The third kappa shape index (κ3) is 7.43. The second-order valence-corrected chi connectivity index (χ2v) is 3.96. The van der Waals surface area contributed by atoms with E-state index in [4.69, 9.17) is 5.11 Å². The fourth-order valence-electron chi connectivity index (χ4n) is 1.27. The number of likely N-dealkylation sites (N-methyl/N-ethyl adjacent to an activating group) is 1. The lowest BCUT2D eigenvalue weighted by Gasteiger charge is -2.19. The Balaban J connectivity index is 4.06. The normalized spacial score (nSPS) is 14.2. The molecular weight excluding hydrogens is 206 g/mol. The minimum absolute atomic E-state index is 0.0909. The third-order valence-electron chi connectivity index (χ3n) is 2.38. The number of carbonyl (C=O) groups excluding carboxylic acids is 1. The van der Waals surface area contributed by atoms with Crippen molar-refractivity contribution in [2.45, 2.75) is 39.7 Å². The zero-order valence-electron chi connectivity index (χ0n) is 10.4. The average Bonchev–Trinajstić information content (AvgIpc) is 2.23. The van der Waals surface area contributed by atoms with Crippen molar-refractivity contribution in [3.05, 3.63) is 11.8 Å². The van der Waals surface area contributed by atoms with Gasteiger partial charge in [-0.1, -0.05) is 13.8 Å². The van der Waals surface area contributed by atoms with Crippen LogP contribution in [0.3, 0.4) is 0 Å². The van der Waals surface area contributed by atoms with E-state index in [-0.39, 0.29) is 17.6 Å². The first-order valence-electron chi connectivity index (χ1n) is 5.82. The van der Waals surface area contributed by atoms with Crippen LogP contribution in [0.4, 0.5) is 0 Å². The Hall–Kier alpha value is -0.870. The molecule has 2 N–H and O–H groups in total. The summed E-state index contributed by atoms with van der Waals surface area (Å²) in [7, 11) is 0. The van der Waals surface area contributed by atoms with Crippen LogP contribution in [0.5, 0.6) is 0 Å². The lowest BCUT2D eigenvalue weighted by atomic mass is 10.2. The quantitative estimate of drug-likeness (QED) is 0.489. The number of carbonyl (C=O) groups is 1. The fraction of sp³-hybridized carbons (Fsp3) is 0.750. The first kappa shape index (κ1) is 15.1. The zero-order valence-corrected chi connectivity index (χ0v) is 10.4. The van der Waals surface area contributed by atoms with Crippen LogP contribution in [0, 0.1) is 0 Å². The largest absolute Gasteiger partial charge is 0.512 e. The number of hydrogen-bond donors (Lipinski definition) is 2. The van der Waals surface area contributed by atoms with Gasteiger partial charge < -0.3 is 10.2 Å². The molecule has 0 aliphatic carbocycles. The lowest BCUT2D eigenvalue weighted by Crippen LogP contribution is -2.31. The summed E-state index contributed by atoms with van der Waals surface area (Å²) >= 11 is 0. The van der Waals surface area contributed by atoms with Crippen LogP contribution in [0.2, 0.25) is 0 Å². The van der Waals surface area contributed by atoms with Crippen LogP contribution >= 0.6 is 0 Å². The molecule has 0 radical (unpaired) electrons. The number of nitrogens with zero attached hydrogens (tertiary/aromatic N) is 1. The molecule has 0 aromatic carbocycles. The Morgan fingerprint density at radius 3 is 2.50 bits per heavy atom. The van der Waals surface area contributed by atoms with E-state index in [1.54, 1.807) is 13.8 Å². The summed E-state index contributed by atoms with van der Waals surface area (Å²) in [4.78, 5) is 13.4. The molecule has 0 saturated heterocycles. The van der Waals surface area contributed by atoms with Gasteiger partial charge in [0.15, 0.2) is 5.78 Å². The van der Waals surface area contributed by atoms with Gasteiger partial charge >= 0.3 is 0 Å². The van der Waals surface area contributed by atoms with Crippen LogP contribution in [-0.2, 0) is 4.79 Å². The average molecular weight is 229 g/mol. The van der Waals surface area contributed by atoms with Crippen molar-refractivity contribution in [1.29, 1.82) is 0 Å². The summed E-state index contributed by atoms with van der Waals surface area (Å²) in [6, 6.07) is 0. The molecule has 0 aromatic rings. The smallest absolute Gasteiger partial charge is 0.172 e. The molecule has 0 aliphatic heterocycles. The molecule has 1 atom stereocenters. The summed E-state index contributed by atoms with van der Waals surface area (Å²) in [5, 5.41) is 18.4. The van der Waals surface area contributed by atoms with E-state index in [0.717, 1.165) is 6.54 Å². The van der Waals surface area contributed by atoms with E-state index in [2.05, 4.69) is 0 Å². The SMILES string of the molecule is CC/C(O)=C/C(=O)CN(CC)CCC(C)O. The van der Waals surface area contributed by atoms with Crippen molar-refractivity contribution < 1.29 is 15.0 Å². The van der Waals surface area contributed by atoms with E-state index in [1.807, 2.05) is 11.8 Å².